The van der Waals surface area contributed by atoms with Crippen LogP contribution in [0.2, 0.25) is 10.0 Å². The zero-order valence-corrected chi connectivity index (χ0v) is 16.7. The number of carbonyl (C=O) groups is 2. The van der Waals surface area contributed by atoms with Gasteiger partial charge in [-0.05, 0) is 25.1 Å². The molecule has 1 aromatic rings. The molecule has 1 saturated heterocycles. The molecule has 0 aliphatic carbocycles. The highest BCUT2D eigenvalue weighted by Gasteiger charge is 2.32. The van der Waals surface area contributed by atoms with Crippen molar-refractivity contribution >= 4 is 45.0 Å². The first-order chi connectivity index (χ1) is 12.1. The van der Waals surface area contributed by atoms with Crippen LogP contribution in [0.5, 0.6) is 0 Å². The molecule has 1 aliphatic heterocycles. The Labute approximate surface area is 162 Å². The normalized spacial score (nSPS) is 17.5. The fourth-order valence-electron chi connectivity index (χ4n) is 2.54. The summed E-state index contributed by atoms with van der Waals surface area (Å²) >= 11 is 11.7. The number of hydrogen-bond acceptors (Lipinski definition) is 5. The number of halogens is 2. The summed E-state index contributed by atoms with van der Waals surface area (Å²) in [5.41, 5.74) is 4.55. The van der Waals surface area contributed by atoms with Crippen LogP contribution in [0.1, 0.15) is 13.8 Å². The lowest BCUT2D eigenvalue weighted by Crippen LogP contribution is -2.56. The Morgan fingerprint density at radius 3 is 2.23 bits per heavy atom. The van der Waals surface area contributed by atoms with Crippen molar-refractivity contribution in [3.8, 4) is 0 Å². The molecule has 1 aromatic carbocycles. The van der Waals surface area contributed by atoms with E-state index in [4.69, 9.17) is 23.2 Å². The lowest BCUT2D eigenvalue weighted by molar-refractivity contribution is -0.131. The first-order valence-corrected chi connectivity index (χ1v) is 10.1. The van der Waals surface area contributed by atoms with Crippen molar-refractivity contribution in [2.45, 2.75) is 24.8 Å². The van der Waals surface area contributed by atoms with Crippen LogP contribution in [0.15, 0.2) is 23.1 Å². The van der Waals surface area contributed by atoms with Crippen LogP contribution in [0.4, 0.5) is 0 Å². The van der Waals surface area contributed by atoms with Gasteiger partial charge in [-0.15, -0.1) is 0 Å². The summed E-state index contributed by atoms with van der Waals surface area (Å²) < 4.78 is 26.8. The van der Waals surface area contributed by atoms with Crippen LogP contribution in [-0.2, 0) is 19.6 Å². The number of carbonyl (C=O) groups excluding carboxylic acids is 2. The Bertz CT molecular complexity index is 795. The number of benzene rings is 1. The van der Waals surface area contributed by atoms with Gasteiger partial charge in [0.15, 0.2) is 0 Å². The minimum absolute atomic E-state index is 0.0804. The summed E-state index contributed by atoms with van der Waals surface area (Å²) in [6.07, 6.45) is 0. The predicted molar refractivity (Wildman–Crippen MR) is 98.2 cm³/mol. The van der Waals surface area contributed by atoms with Gasteiger partial charge in [-0.1, -0.05) is 23.2 Å². The molecular weight excluding hydrogens is 403 g/mol. The number of hydrazine groups is 1. The zero-order chi connectivity index (χ0) is 19.5. The summed E-state index contributed by atoms with van der Waals surface area (Å²) in [5.74, 6) is -0.732. The molecule has 1 aliphatic rings. The molecule has 0 aromatic heterocycles. The van der Waals surface area contributed by atoms with Crippen LogP contribution in [0.3, 0.4) is 0 Å². The van der Waals surface area contributed by atoms with E-state index in [1.165, 1.54) is 29.4 Å². The number of nitrogens with zero attached hydrogens (tertiary/aromatic N) is 2. The Hall–Kier alpha value is -1.39. The highest BCUT2D eigenvalue weighted by molar-refractivity contribution is 7.89. The van der Waals surface area contributed by atoms with Gasteiger partial charge in [0, 0.05) is 33.1 Å². The Kier molecular flexibility index (Phi) is 6.86. The van der Waals surface area contributed by atoms with Gasteiger partial charge in [-0.25, -0.2) is 8.42 Å². The van der Waals surface area contributed by atoms with Gasteiger partial charge in [0.2, 0.25) is 15.9 Å². The molecule has 0 unspecified atom stereocenters. The second kappa shape index (κ2) is 8.53. The van der Waals surface area contributed by atoms with Crippen molar-refractivity contribution in [2.75, 3.05) is 26.2 Å². The van der Waals surface area contributed by atoms with E-state index in [1.807, 2.05) is 4.90 Å². The van der Waals surface area contributed by atoms with Gasteiger partial charge in [0.05, 0.1) is 21.0 Å². The molecule has 11 heteroatoms. The third-order valence-corrected chi connectivity index (χ3v) is 6.72. The smallest absolute Gasteiger partial charge is 0.255 e. The molecule has 0 radical (unpaired) electrons. The maximum Gasteiger partial charge on any atom is 0.255 e. The summed E-state index contributed by atoms with van der Waals surface area (Å²) in [6.45, 7) is 4.23. The van der Waals surface area contributed by atoms with Gasteiger partial charge in [-0.2, -0.15) is 4.31 Å². The maximum absolute atomic E-state index is 12.7. The van der Waals surface area contributed by atoms with Crippen LogP contribution in [-0.4, -0.2) is 61.7 Å². The quantitative estimate of drug-likeness (QED) is 0.700. The predicted octanol–water partition coefficient (Wildman–Crippen LogP) is 0.856. The highest BCUT2D eigenvalue weighted by Crippen LogP contribution is 2.27. The van der Waals surface area contributed by atoms with Gasteiger partial charge < -0.3 is 0 Å². The highest BCUT2D eigenvalue weighted by atomic mass is 35.5. The maximum atomic E-state index is 12.7. The number of hydrogen-bond donors (Lipinski definition) is 2. The van der Waals surface area contributed by atoms with Crippen LogP contribution >= 0.6 is 23.2 Å². The summed E-state index contributed by atoms with van der Waals surface area (Å²) in [5, 5.41) is 0.462. The van der Waals surface area contributed by atoms with Crippen molar-refractivity contribution in [2.24, 2.45) is 0 Å². The zero-order valence-electron chi connectivity index (χ0n) is 14.3. The molecule has 26 heavy (non-hydrogen) atoms. The lowest BCUT2D eigenvalue weighted by atomic mass is 10.2. The third kappa shape index (κ3) is 4.86. The molecule has 1 heterocycles. The monoisotopic (exact) mass is 422 g/mol. The Morgan fingerprint density at radius 2 is 1.69 bits per heavy atom. The average Bonchev–Trinajstić information content (AvgIpc) is 2.61. The summed E-state index contributed by atoms with van der Waals surface area (Å²) in [7, 11) is -3.69. The van der Waals surface area contributed by atoms with Gasteiger partial charge in [-0.3, -0.25) is 25.3 Å². The molecule has 144 valence electrons. The standard InChI is InChI=1S/C15H20Cl2N4O4S/c1-10(15(23)19-18-11(2)22)20-5-7-21(8-6-20)26(24,25)12-3-4-13(16)14(17)9-12/h3-4,9-10H,5-8H2,1-2H3,(H,18,22)(H,19,23)/t10-/m0/s1. The van der Waals surface area contributed by atoms with Crippen molar-refractivity contribution in [1.29, 1.82) is 0 Å². The van der Waals surface area contributed by atoms with Crippen molar-refractivity contribution < 1.29 is 18.0 Å². The van der Waals surface area contributed by atoms with E-state index in [9.17, 15) is 18.0 Å². The topological polar surface area (TPSA) is 98.8 Å². The number of sulfonamides is 1. The number of nitrogens with one attached hydrogen (secondary N) is 2. The second-order valence-corrected chi connectivity index (χ2v) is 8.61. The van der Waals surface area contributed by atoms with Crippen molar-refractivity contribution in [1.82, 2.24) is 20.1 Å². The lowest BCUT2D eigenvalue weighted by Gasteiger charge is -2.36. The molecule has 0 saturated carbocycles. The molecule has 2 rings (SSSR count). The van der Waals surface area contributed by atoms with E-state index in [1.54, 1.807) is 6.92 Å². The van der Waals surface area contributed by atoms with E-state index >= 15 is 0 Å². The fraction of sp³-hybridized carbons (Fsp3) is 0.467. The van der Waals surface area contributed by atoms with E-state index in [0.29, 0.717) is 13.1 Å². The molecule has 1 atom stereocenters. The largest absolute Gasteiger partial charge is 0.290 e. The van der Waals surface area contributed by atoms with E-state index in [-0.39, 0.29) is 39.8 Å². The van der Waals surface area contributed by atoms with E-state index in [0.717, 1.165) is 0 Å². The SMILES string of the molecule is CC(=O)NNC(=O)[C@H](C)N1CCN(S(=O)(=O)c2ccc(Cl)c(Cl)c2)CC1. The molecule has 2 N–H and O–H groups in total. The van der Waals surface area contributed by atoms with E-state index in [2.05, 4.69) is 10.9 Å². The fourth-order valence-corrected chi connectivity index (χ4v) is 4.35. The third-order valence-electron chi connectivity index (χ3n) is 4.09. The summed E-state index contributed by atoms with van der Waals surface area (Å²) in [4.78, 5) is 24.8. The second-order valence-electron chi connectivity index (χ2n) is 5.86. The number of rotatable bonds is 4. The van der Waals surface area contributed by atoms with Gasteiger partial charge in [0.1, 0.15) is 0 Å². The van der Waals surface area contributed by atoms with Gasteiger partial charge >= 0.3 is 0 Å². The first kappa shape index (κ1) is 20.9. The van der Waals surface area contributed by atoms with Crippen LogP contribution < -0.4 is 10.9 Å². The summed E-state index contributed by atoms with van der Waals surface area (Å²) in [6, 6.07) is 3.69. The van der Waals surface area contributed by atoms with Gasteiger partial charge in [0.25, 0.3) is 5.91 Å². The molecule has 1 fully saturated rings. The molecule has 0 spiro atoms. The van der Waals surface area contributed by atoms with Crippen LogP contribution in [0.25, 0.3) is 0 Å². The Morgan fingerprint density at radius 1 is 1.08 bits per heavy atom. The molecule has 0 bridgehead atoms. The molecular formula is C15H20Cl2N4O4S. The molecule has 8 nitrogen and oxygen atoms in total. The van der Waals surface area contributed by atoms with E-state index < -0.39 is 16.1 Å². The van der Waals surface area contributed by atoms with Crippen molar-refractivity contribution in [3.05, 3.63) is 28.2 Å². The molecule has 2 amide bonds. The number of piperazine rings is 1. The minimum Gasteiger partial charge on any atom is -0.290 e. The Balaban J connectivity index is 1.99. The average molecular weight is 423 g/mol. The van der Waals surface area contributed by atoms with Crippen molar-refractivity contribution in [3.63, 3.8) is 0 Å². The number of amides is 2. The first-order valence-electron chi connectivity index (χ1n) is 7.88. The minimum atomic E-state index is -3.69. The van der Waals surface area contributed by atoms with Crippen LogP contribution in [0, 0.1) is 0 Å².